The van der Waals surface area contributed by atoms with Crippen molar-refractivity contribution in [3.8, 4) is 0 Å². The number of hydrogen-bond donors (Lipinski definition) is 1. The van der Waals surface area contributed by atoms with Gasteiger partial charge in [0, 0.05) is 24.2 Å². The standard InChI is InChI=1S/C24H30N4O4S2/c1-18(32-14-6-13-27(2)3)25-21-8-5-7-19(15-21)16-28-24(29)33-17-23(26-28)20-9-11-22(12-10-20)34(4,30)31/h5,7-12,15,25H,1,6,13-14,16-17H2,2-4H3. The van der Waals surface area contributed by atoms with Crippen molar-refractivity contribution in [2.45, 2.75) is 17.9 Å². The molecule has 8 nitrogen and oxygen atoms in total. The van der Waals surface area contributed by atoms with Gasteiger partial charge in [0.2, 0.25) is 0 Å². The van der Waals surface area contributed by atoms with Crippen molar-refractivity contribution in [1.29, 1.82) is 0 Å². The van der Waals surface area contributed by atoms with Gasteiger partial charge in [-0.15, -0.1) is 0 Å². The lowest BCUT2D eigenvalue weighted by atomic mass is 10.1. The molecule has 0 fully saturated rings. The van der Waals surface area contributed by atoms with Gasteiger partial charge >= 0.3 is 5.24 Å². The van der Waals surface area contributed by atoms with Crippen LogP contribution in [0.2, 0.25) is 0 Å². The Morgan fingerprint density at radius 3 is 2.65 bits per heavy atom. The summed E-state index contributed by atoms with van der Waals surface area (Å²) in [4.78, 5) is 14.8. The normalized spacial score (nSPS) is 14.2. The Balaban J connectivity index is 1.65. The van der Waals surface area contributed by atoms with Gasteiger partial charge in [0.25, 0.3) is 0 Å². The highest BCUT2D eigenvalue weighted by Crippen LogP contribution is 2.23. The molecule has 0 spiro atoms. The van der Waals surface area contributed by atoms with Crippen molar-refractivity contribution in [2.75, 3.05) is 44.6 Å². The third-order valence-corrected chi connectivity index (χ3v) is 6.97. The molecule has 0 aliphatic carbocycles. The van der Waals surface area contributed by atoms with Crippen LogP contribution in [-0.2, 0) is 21.1 Å². The number of rotatable bonds is 11. The number of hydrazone groups is 1. The quantitative estimate of drug-likeness (QED) is 0.367. The Hall–Kier alpha value is -2.82. The van der Waals surface area contributed by atoms with Crippen LogP contribution in [0.15, 0.2) is 71.0 Å². The van der Waals surface area contributed by atoms with E-state index in [1.165, 1.54) is 23.0 Å². The van der Waals surface area contributed by atoms with Crippen LogP contribution >= 0.6 is 11.8 Å². The van der Waals surface area contributed by atoms with Crippen molar-refractivity contribution < 1.29 is 17.9 Å². The number of carbonyl (C=O) groups is 1. The zero-order valence-electron chi connectivity index (χ0n) is 19.7. The van der Waals surface area contributed by atoms with E-state index < -0.39 is 9.84 Å². The average Bonchev–Trinajstić information content (AvgIpc) is 2.78. The van der Waals surface area contributed by atoms with Gasteiger partial charge in [-0.1, -0.05) is 36.0 Å². The summed E-state index contributed by atoms with van der Waals surface area (Å²) in [6, 6.07) is 14.2. The smallest absolute Gasteiger partial charge is 0.302 e. The zero-order chi connectivity index (χ0) is 24.7. The molecule has 0 unspecified atom stereocenters. The van der Waals surface area contributed by atoms with Gasteiger partial charge in [0.05, 0.1) is 23.8 Å². The topological polar surface area (TPSA) is 91.3 Å². The van der Waals surface area contributed by atoms with E-state index in [1.807, 2.05) is 38.4 Å². The third kappa shape index (κ3) is 7.61. The molecule has 1 aliphatic rings. The van der Waals surface area contributed by atoms with Crippen LogP contribution in [0.4, 0.5) is 10.5 Å². The molecule has 1 amide bonds. The summed E-state index contributed by atoms with van der Waals surface area (Å²) in [5.41, 5.74) is 3.22. The molecule has 1 aliphatic heterocycles. The van der Waals surface area contributed by atoms with Crippen molar-refractivity contribution >= 4 is 38.2 Å². The molecule has 1 heterocycles. The average molecular weight is 503 g/mol. The SMILES string of the molecule is C=C(Nc1cccc(CN2N=C(c3ccc(S(C)(=O)=O)cc3)CSC2=O)c1)OCCCN(C)C. The number of nitrogens with one attached hydrogen (secondary N) is 1. The maximum atomic E-state index is 12.5. The molecule has 182 valence electrons. The minimum atomic E-state index is -3.27. The summed E-state index contributed by atoms with van der Waals surface area (Å²) in [5.74, 6) is 0.901. The number of benzene rings is 2. The van der Waals surface area contributed by atoms with Gasteiger partial charge in [-0.05, 0) is 62.5 Å². The van der Waals surface area contributed by atoms with Crippen molar-refractivity contribution in [2.24, 2.45) is 5.10 Å². The van der Waals surface area contributed by atoms with Crippen LogP contribution in [0, 0.1) is 0 Å². The largest absolute Gasteiger partial charge is 0.479 e. The van der Waals surface area contributed by atoms with Gasteiger partial charge in [-0.25, -0.2) is 13.4 Å². The fourth-order valence-electron chi connectivity index (χ4n) is 3.25. The lowest BCUT2D eigenvalue weighted by Crippen LogP contribution is -2.29. The Morgan fingerprint density at radius 2 is 1.97 bits per heavy atom. The van der Waals surface area contributed by atoms with Crippen LogP contribution in [0.1, 0.15) is 17.5 Å². The lowest BCUT2D eigenvalue weighted by Gasteiger charge is -2.23. The van der Waals surface area contributed by atoms with E-state index in [9.17, 15) is 13.2 Å². The Kier molecular flexibility index (Phi) is 8.76. The molecule has 2 aromatic rings. The maximum absolute atomic E-state index is 12.5. The first kappa shape index (κ1) is 25.8. The molecule has 0 radical (unpaired) electrons. The Morgan fingerprint density at radius 1 is 1.24 bits per heavy atom. The molecule has 1 N–H and O–H groups in total. The minimum absolute atomic E-state index is 0.136. The minimum Gasteiger partial charge on any atom is -0.479 e. The van der Waals surface area contributed by atoms with Crippen molar-refractivity contribution in [1.82, 2.24) is 9.91 Å². The molecule has 0 atom stereocenters. The second-order valence-corrected chi connectivity index (χ2v) is 11.2. The summed E-state index contributed by atoms with van der Waals surface area (Å²) in [6.07, 6.45) is 2.08. The van der Waals surface area contributed by atoms with E-state index in [2.05, 4.69) is 21.9 Å². The molecule has 0 bridgehead atoms. The predicted molar refractivity (Wildman–Crippen MR) is 138 cm³/mol. The second-order valence-electron chi connectivity index (χ2n) is 8.21. The monoisotopic (exact) mass is 502 g/mol. The zero-order valence-corrected chi connectivity index (χ0v) is 21.3. The second kappa shape index (κ2) is 11.5. The van der Waals surface area contributed by atoms with Crippen LogP contribution in [0.5, 0.6) is 0 Å². The highest BCUT2D eigenvalue weighted by Gasteiger charge is 2.22. The molecule has 2 aromatic carbocycles. The molecule has 3 rings (SSSR count). The fourth-order valence-corrected chi connectivity index (χ4v) is 4.62. The predicted octanol–water partition coefficient (Wildman–Crippen LogP) is 4.01. The molecular formula is C24H30N4O4S2. The number of hydrogen-bond acceptors (Lipinski definition) is 8. The number of anilines is 1. The summed E-state index contributed by atoms with van der Waals surface area (Å²) >= 11 is 1.17. The van der Waals surface area contributed by atoms with Crippen molar-refractivity contribution in [3.05, 3.63) is 72.1 Å². The lowest BCUT2D eigenvalue weighted by molar-refractivity contribution is 0.202. The van der Waals surface area contributed by atoms with Crippen LogP contribution < -0.4 is 5.32 Å². The first-order valence-corrected chi connectivity index (χ1v) is 13.6. The van der Waals surface area contributed by atoms with Crippen molar-refractivity contribution in [3.63, 3.8) is 0 Å². The highest BCUT2D eigenvalue weighted by atomic mass is 32.2. The molecule has 0 aromatic heterocycles. The van der Waals surface area contributed by atoms with E-state index in [0.717, 1.165) is 35.5 Å². The van der Waals surface area contributed by atoms with Crippen LogP contribution in [0.25, 0.3) is 0 Å². The Labute approximate surface area is 205 Å². The fraction of sp³-hybridized carbons (Fsp3) is 0.333. The number of sulfone groups is 1. The van der Waals surface area contributed by atoms with E-state index in [1.54, 1.807) is 24.3 Å². The number of amides is 1. The van der Waals surface area contributed by atoms with E-state index in [-0.39, 0.29) is 10.1 Å². The van der Waals surface area contributed by atoms with Gasteiger partial charge in [-0.3, -0.25) is 4.79 Å². The molecular weight excluding hydrogens is 472 g/mol. The molecule has 0 saturated heterocycles. The number of thioether (sulfide) groups is 1. The summed E-state index contributed by atoms with van der Waals surface area (Å²) in [6.45, 7) is 5.74. The summed E-state index contributed by atoms with van der Waals surface area (Å²) in [7, 11) is 0.773. The highest BCUT2D eigenvalue weighted by molar-refractivity contribution is 8.14. The number of nitrogens with zero attached hydrogens (tertiary/aromatic N) is 3. The van der Waals surface area contributed by atoms with Gasteiger partial charge in [-0.2, -0.15) is 5.10 Å². The third-order valence-electron chi connectivity index (χ3n) is 4.97. The molecule has 10 heteroatoms. The number of ether oxygens (including phenoxy) is 1. The first-order chi connectivity index (χ1) is 16.1. The van der Waals surface area contributed by atoms with Crippen LogP contribution in [0.3, 0.4) is 0 Å². The van der Waals surface area contributed by atoms with Gasteiger partial charge < -0.3 is 15.0 Å². The number of carbonyl (C=O) groups excluding carboxylic acids is 1. The maximum Gasteiger partial charge on any atom is 0.302 e. The molecule has 34 heavy (non-hydrogen) atoms. The summed E-state index contributed by atoms with van der Waals surface area (Å²) in [5, 5.41) is 8.98. The van der Waals surface area contributed by atoms with Gasteiger partial charge in [0.1, 0.15) is 0 Å². The molecule has 0 saturated carbocycles. The van der Waals surface area contributed by atoms with Crippen LogP contribution in [-0.4, -0.2) is 68.5 Å². The Bertz CT molecular complexity index is 1160. The summed E-state index contributed by atoms with van der Waals surface area (Å²) < 4.78 is 29.0. The van der Waals surface area contributed by atoms with Gasteiger partial charge in [0.15, 0.2) is 15.7 Å². The first-order valence-electron chi connectivity index (χ1n) is 10.8. The van der Waals surface area contributed by atoms with E-state index in [0.29, 0.717) is 24.8 Å². The van der Waals surface area contributed by atoms with E-state index >= 15 is 0 Å². The van der Waals surface area contributed by atoms with E-state index in [4.69, 9.17) is 4.74 Å².